The van der Waals surface area contributed by atoms with E-state index in [0.717, 1.165) is 11.4 Å². The fraction of sp³-hybridized carbons (Fsp3) is 0.500. The smallest absolute Gasteiger partial charge is 0.117 e. The van der Waals surface area contributed by atoms with Crippen molar-refractivity contribution in [2.45, 2.75) is 38.6 Å². The highest BCUT2D eigenvalue weighted by Crippen LogP contribution is 2.31. The summed E-state index contributed by atoms with van der Waals surface area (Å²) < 4.78 is 4.48. The average Bonchev–Trinajstić information content (AvgIpc) is 2.76. The van der Waals surface area contributed by atoms with Gasteiger partial charge in [0.1, 0.15) is 5.00 Å². The van der Waals surface area contributed by atoms with E-state index in [2.05, 4.69) is 34.8 Å². The lowest BCUT2D eigenvalue weighted by Crippen LogP contribution is -2.24. The summed E-state index contributed by atoms with van der Waals surface area (Å²) in [7, 11) is 0. The summed E-state index contributed by atoms with van der Waals surface area (Å²) in [6.45, 7) is 2.36. The van der Waals surface area contributed by atoms with Gasteiger partial charge >= 0.3 is 0 Å². The Morgan fingerprint density at radius 1 is 1.18 bits per heavy atom. The third-order valence-electron chi connectivity index (χ3n) is 3.74. The van der Waals surface area contributed by atoms with Crippen LogP contribution in [0, 0.1) is 5.92 Å². The highest BCUT2D eigenvalue weighted by molar-refractivity contribution is 7.11. The van der Waals surface area contributed by atoms with E-state index < -0.39 is 0 Å². The Hall–Kier alpha value is -1.09. The maximum atomic E-state index is 4.48. The molecule has 2 nitrogen and oxygen atoms in total. The zero-order valence-electron chi connectivity index (χ0n) is 10.1. The third kappa shape index (κ3) is 2.29. The maximum Gasteiger partial charge on any atom is 0.117 e. The molecule has 1 aromatic carbocycles. The lowest BCUT2D eigenvalue weighted by atomic mass is 9.87. The van der Waals surface area contributed by atoms with Gasteiger partial charge in [-0.05, 0) is 55.3 Å². The van der Waals surface area contributed by atoms with E-state index >= 15 is 0 Å². The monoisotopic (exact) mass is 246 g/mol. The molecule has 1 aliphatic rings. The molecule has 17 heavy (non-hydrogen) atoms. The highest BCUT2D eigenvalue weighted by Gasteiger charge is 2.19. The molecule has 1 saturated carbocycles. The zero-order valence-corrected chi connectivity index (χ0v) is 11.0. The van der Waals surface area contributed by atoms with Gasteiger partial charge in [0, 0.05) is 11.4 Å². The fourth-order valence-corrected chi connectivity index (χ4v) is 3.42. The Morgan fingerprint density at radius 2 is 1.94 bits per heavy atom. The van der Waals surface area contributed by atoms with Crippen molar-refractivity contribution in [1.29, 1.82) is 0 Å². The Labute approximate surface area is 106 Å². The first-order chi connectivity index (χ1) is 8.33. The summed E-state index contributed by atoms with van der Waals surface area (Å²) >= 11 is 1.60. The van der Waals surface area contributed by atoms with Crippen LogP contribution < -0.4 is 5.32 Å². The van der Waals surface area contributed by atoms with Crippen molar-refractivity contribution in [3.8, 4) is 0 Å². The van der Waals surface area contributed by atoms with Gasteiger partial charge in [-0.3, -0.25) is 0 Å². The summed E-state index contributed by atoms with van der Waals surface area (Å²) in [6.07, 6.45) is 5.31. The van der Waals surface area contributed by atoms with Crippen molar-refractivity contribution in [3.05, 3.63) is 24.3 Å². The van der Waals surface area contributed by atoms with Crippen LogP contribution in [0.15, 0.2) is 24.3 Å². The van der Waals surface area contributed by atoms with Crippen molar-refractivity contribution in [2.24, 2.45) is 5.92 Å². The van der Waals surface area contributed by atoms with Crippen LogP contribution >= 0.6 is 11.5 Å². The highest BCUT2D eigenvalue weighted by atomic mass is 32.1. The number of aromatic nitrogens is 1. The first-order valence-corrected chi connectivity index (χ1v) is 7.21. The van der Waals surface area contributed by atoms with E-state index in [4.69, 9.17) is 0 Å². The van der Waals surface area contributed by atoms with Crippen molar-refractivity contribution >= 4 is 27.4 Å². The number of benzene rings is 1. The normalized spacial score (nSPS) is 25.0. The molecule has 0 atom stereocenters. The Kier molecular flexibility index (Phi) is 3.02. The van der Waals surface area contributed by atoms with E-state index in [0.29, 0.717) is 6.04 Å². The van der Waals surface area contributed by atoms with Gasteiger partial charge in [0.05, 0.1) is 5.52 Å². The summed E-state index contributed by atoms with van der Waals surface area (Å²) in [6, 6.07) is 9.03. The molecule has 1 aromatic heterocycles. The van der Waals surface area contributed by atoms with Gasteiger partial charge in [-0.2, -0.15) is 4.37 Å². The first-order valence-electron chi connectivity index (χ1n) is 6.44. The SMILES string of the molecule is CC1CCC(Nc2snc3ccccc23)CC1. The van der Waals surface area contributed by atoms with Crippen molar-refractivity contribution in [3.63, 3.8) is 0 Å². The molecule has 1 aliphatic carbocycles. The Morgan fingerprint density at radius 3 is 2.76 bits per heavy atom. The van der Waals surface area contributed by atoms with Gasteiger partial charge < -0.3 is 5.32 Å². The molecule has 0 unspecified atom stereocenters. The molecule has 3 heteroatoms. The molecular formula is C14H18N2S. The van der Waals surface area contributed by atoms with Crippen LogP contribution in [0.3, 0.4) is 0 Å². The summed E-state index contributed by atoms with van der Waals surface area (Å²) in [5, 5.41) is 6.20. The largest absolute Gasteiger partial charge is 0.372 e. The minimum Gasteiger partial charge on any atom is -0.372 e. The zero-order chi connectivity index (χ0) is 11.7. The minimum absolute atomic E-state index is 0.648. The molecule has 1 N–H and O–H groups in total. The second kappa shape index (κ2) is 4.65. The van der Waals surface area contributed by atoms with E-state index in [1.807, 2.05) is 6.07 Å². The van der Waals surface area contributed by atoms with E-state index in [9.17, 15) is 0 Å². The summed E-state index contributed by atoms with van der Waals surface area (Å²) in [4.78, 5) is 0. The van der Waals surface area contributed by atoms with E-state index in [1.54, 1.807) is 11.5 Å². The molecule has 90 valence electrons. The van der Waals surface area contributed by atoms with E-state index in [1.165, 1.54) is 36.1 Å². The predicted molar refractivity (Wildman–Crippen MR) is 74.7 cm³/mol. The molecule has 0 bridgehead atoms. The number of fused-ring (bicyclic) bond motifs is 1. The van der Waals surface area contributed by atoms with E-state index in [-0.39, 0.29) is 0 Å². The first kappa shape index (κ1) is 11.0. The van der Waals surface area contributed by atoms with Crippen LogP contribution in [-0.4, -0.2) is 10.4 Å². The van der Waals surface area contributed by atoms with Gasteiger partial charge in [0.15, 0.2) is 0 Å². The number of nitrogens with zero attached hydrogens (tertiary/aromatic N) is 1. The minimum atomic E-state index is 0.648. The molecule has 1 fully saturated rings. The number of nitrogens with one attached hydrogen (secondary N) is 1. The second-order valence-electron chi connectivity index (χ2n) is 5.13. The molecule has 1 heterocycles. The van der Waals surface area contributed by atoms with Crippen LogP contribution in [0.1, 0.15) is 32.6 Å². The van der Waals surface area contributed by atoms with Crippen LogP contribution in [0.25, 0.3) is 10.9 Å². The molecule has 3 rings (SSSR count). The molecular weight excluding hydrogens is 228 g/mol. The van der Waals surface area contributed by atoms with Crippen molar-refractivity contribution in [1.82, 2.24) is 4.37 Å². The van der Waals surface area contributed by atoms with Gasteiger partial charge in [0.2, 0.25) is 0 Å². The molecule has 0 saturated heterocycles. The maximum absolute atomic E-state index is 4.48. The van der Waals surface area contributed by atoms with Gasteiger partial charge in [0.25, 0.3) is 0 Å². The standard InChI is InChI=1S/C14H18N2S/c1-10-6-8-11(9-7-10)15-14-12-4-2-3-5-13(12)16-17-14/h2-5,10-11,15H,6-9H2,1H3. The van der Waals surface area contributed by atoms with Gasteiger partial charge in [-0.1, -0.05) is 19.1 Å². The molecule has 0 spiro atoms. The fourth-order valence-electron chi connectivity index (χ4n) is 2.58. The summed E-state index contributed by atoms with van der Waals surface area (Å²) in [5.74, 6) is 0.909. The Bertz CT molecular complexity index is 498. The van der Waals surface area contributed by atoms with Gasteiger partial charge in [-0.25, -0.2) is 0 Å². The lowest BCUT2D eigenvalue weighted by molar-refractivity contribution is 0.361. The molecule has 0 amide bonds. The van der Waals surface area contributed by atoms with Crippen LogP contribution in [0.5, 0.6) is 0 Å². The predicted octanol–water partition coefficient (Wildman–Crippen LogP) is 4.29. The van der Waals surface area contributed by atoms with Crippen molar-refractivity contribution < 1.29 is 0 Å². The average molecular weight is 246 g/mol. The lowest BCUT2D eigenvalue weighted by Gasteiger charge is -2.27. The topological polar surface area (TPSA) is 24.9 Å². The van der Waals surface area contributed by atoms with Crippen LogP contribution in [-0.2, 0) is 0 Å². The van der Waals surface area contributed by atoms with Crippen LogP contribution in [0.2, 0.25) is 0 Å². The number of anilines is 1. The molecule has 2 aromatic rings. The molecule has 0 radical (unpaired) electrons. The van der Waals surface area contributed by atoms with Crippen LogP contribution in [0.4, 0.5) is 5.00 Å². The molecule has 0 aliphatic heterocycles. The number of rotatable bonds is 2. The second-order valence-corrected chi connectivity index (χ2v) is 5.90. The third-order valence-corrected chi connectivity index (χ3v) is 4.54. The van der Waals surface area contributed by atoms with Gasteiger partial charge in [-0.15, -0.1) is 0 Å². The quantitative estimate of drug-likeness (QED) is 0.855. The summed E-state index contributed by atoms with van der Waals surface area (Å²) in [5.41, 5.74) is 1.11. The number of hydrogen-bond acceptors (Lipinski definition) is 3. The Balaban J connectivity index is 1.76. The van der Waals surface area contributed by atoms with Crippen molar-refractivity contribution in [2.75, 3.05) is 5.32 Å². The number of hydrogen-bond donors (Lipinski definition) is 1.